The fraction of sp³-hybridized carbons (Fsp3) is 0.462. The first kappa shape index (κ1) is 15.9. The van der Waals surface area contributed by atoms with E-state index in [0.717, 1.165) is 17.4 Å². The van der Waals surface area contributed by atoms with Gasteiger partial charge >= 0.3 is 5.97 Å². The normalized spacial score (nSPS) is 12.4. The van der Waals surface area contributed by atoms with Crippen molar-refractivity contribution in [2.45, 2.75) is 26.3 Å². The molecule has 0 radical (unpaired) electrons. The van der Waals surface area contributed by atoms with E-state index in [1.165, 1.54) is 18.4 Å². The van der Waals surface area contributed by atoms with Crippen LogP contribution in [0.5, 0.6) is 0 Å². The van der Waals surface area contributed by atoms with Crippen molar-refractivity contribution < 1.29 is 14.6 Å². The van der Waals surface area contributed by atoms with Crippen molar-refractivity contribution in [3.05, 3.63) is 15.7 Å². The number of nitrogens with zero attached hydrogens (tertiary/aromatic N) is 2. The van der Waals surface area contributed by atoms with Crippen LogP contribution in [0.1, 0.15) is 28.6 Å². The van der Waals surface area contributed by atoms with Gasteiger partial charge in [0.15, 0.2) is 0 Å². The van der Waals surface area contributed by atoms with Crippen molar-refractivity contribution in [3.63, 3.8) is 0 Å². The van der Waals surface area contributed by atoms with E-state index in [2.05, 4.69) is 15.3 Å². The van der Waals surface area contributed by atoms with Crippen molar-refractivity contribution in [1.29, 1.82) is 0 Å². The van der Waals surface area contributed by atoms with Gasteiger partial charge in [-0.2, -0.15) is 0 Å². The molecule has 0 saturated carbocycles. The molecule has 0 spiro atoms. The van der Waals surface area contributed by atoms with Crippen LogP contribution in [0.2, 0.25) is 5.28 Å². The number of aliphatic hydroxyl groups excluding tert-OH is 1. The van der Waals surface area contributed by atoms with Crippen molar-refractivity contribution in [1.82, 2.24) is 9.97 Å². The Morgan fingerprint density at radius 2 is 2.24 bits per heavy atom. The van der Waals surface area contributed by atoms with Gasteiger partial charge in [-0.3, -0.25) is 0 Å². The number of carbonyl (C=O) groups excluding carboxylic acids is 1. The highest BCUT2D eigenvalue weighted by Gasteiger charge is 2.21. The van der Waals surface area contributed by atoms with E-state index in [0.29, 0.717) is 15.5 Å². The molecule has 2 heterocycles. The molecule has 0 aliphatic carbocycles. The molecule has 2 rings (SSSR count). The molecule has 1 atom stereocenters. The molecule has 0 aromatic carbocycles. The number of carbonyl (C=O) groups is 1. The highest BCUT2D eigenvalue weighted by molar-refractivity contribution is 7.20. The van der Waals surface area contributed by atoms with Crippen LogP contribution >= 0.6 is 22.9 Å². The molecule has 114 valence electrons. The number of ether oxygens (including phenoxy) is 1. The van der Waals surface area contributed by atoms with Crippen molar-refractivity contribution in [2.75, 3.05) is 19.0 Å². The predicted octanol–water partition coefficient (Wildman–Crippen LogP) is 2.62. The quantitative estimate of drug-likeness (QED) is 0.648. The Morgan fingerprint density at radius 3 is 2.81 bits per heavy atom. The van der Waals surface area contributed by atoms with Crippen LogP contribution in [0.15, 0.2) is 0 Å². The molecule has 8 heteroatoms. The van der Waals surface area contributed by atoms with Crippen LogP contribution < -0.4 is 5.32 Å². The zero-order chi connectivity index (χ0) is 15.6. The number of halogens is 1. The molecule has 0 fully saturated rings. The summed E-state index contributed by atoms with van der Waals surface area (Å²) in [7, 11) is 1.34. The second-order valence-electron chi connectivity index (χ2n) is 4.50. The van der Waals surface area contributed by atoms with E-state index in [4.69, 9.17) is 16.3 Å². The minimum atomic E-state index is -0.410. The largest absolute Gasteiger partial charge is 0.465 e. The summed E-state index contributed by atoms with van der Waals surface area (Å²) >= 11 is 7.15. The van der Waals surface area contributed by atoms with E-state index in [9.17, 15) is 9.90 Å². The zero-order valence-corrected chi connectivity index (χ0v) is 13.5. The summed E-state index contributed by atoms with van der Waals surface area (Å²) in [6.07, 6.45) is 0.729. The average Bonchev–Trinajstić information content (AvgIpc) is 2.80. The Bertz CT molecular complexity index is 670. The van der Waals surface area contributed by atoms with E-state index < -0.39 is 5.97 Å². The lowest BCUT2D eigenvalue weighted by Gasteiger charge is -2.15. The molecule has 0 aliphatic heterocycles. The predicted molar refractivity (Wildman–Crippen MR) is 83.3 cm³/mol. The average molecular weight is 330 g/mol. The number of aryl methyl sites for hydroxylation is 1. The van der Waals surface area contributed by atoms with Gasteiger partial charge in [0.2, 0.25) is 5.28 Å². The summed E-state index contributed by atoms with van der Waals surface area (Å²) in [5.74, 6) is 0.113. The van der Waals surface area contributed by atoms with E-state index in [1.807, 2.05) is 13.8 Å². The van der Waals surface area contributed by atoms with Gasteiger partial charge in [-0.25, -0.2) is 14.8 Å². The summed E-state index contributed by atoms with van der Waals surface area (Å²) in [6, 6.07) is -0.139. The SMILES string of the molecule is CCC(CO)Nc1nc(Cl)nc2sc(C(=O)OC)c(C)c12. The number of aromatic nitrogens is 2. The van der Waals surface area contributed by atoms with Gasteiger partial charge in [0.25, 0.3) is 0 Å². The maximum atomic E-state index is 11.8. The van der Waals surface area contributed by atoms with Gasteiger partial charge in [-0.05, 0) is 30.5 Å². The summed E-state index contributed by atoms with van der Waals surface area (Å²) in [5.41, 5.74) is 0.744. The Labute approximate surface area is 131 Å². The highest BCUT2D eigenvalue weighted by Crippen LogP contribution is 2.35. The molecule has 0 amide bonds. The van der Waals surface area contributed by atoms with Crippen LogP contribution in [-0.2, 0) is 4.74 Å². The summed E-state index contributed by atoms with van der Waals surface area (Å²) in [6.45, 7) is 3.74. The number of fused-ring (bicyclic) bond motifs is 1. The summed E-state index contributed by atoms with van der Waals surface area (Å²) in [5, 5.41) is 13.3. The molecular weight excluding hydrogens is 314 g/mol. The first-order chi connectivity index (χ1) is 10.0. The summed E-state index contributed by atoms with van der Waals surface area (Å²) < 4.78 is 4.77. The Hall–Kier alpha value is -1.44. The number of hydrogen-bond acceptors (Lipinski definition) is 7. The van der Waals surface area contributed by atoms with E-state index in [-0.39, 0.29) is 17.9 Å². The number of esters is 1. The first-order valence-corrected chi connectivity index (χ1v) is 7.63. The Kier molecular flexibility index (Phi) is 4.97. The van der Waals surface area contributed by atoms with Gasteiger partial charge in [-0.1, -0.05) is 6.92 Å². The lowest BCUT2D eigenvalue weighted by Crippen LogP contribution is -2.23. The number of methoxy groups -OCH3 is 1. The Morgan fingerprint density at radius 1 is 1.52 bits per heavy atom. The first-order valence-electron chi connectivity index (χ1n) is 6.44. The van der Waals surface area contributed by atoms with Gasteiger partial charge in [-0.15, -0.1) is 11.3 Å². The minimum absolute atomic E-state index is 0.0212. The van der Waals surface area contributed by atoms with Crippen LogP contribution in [-0.4, -0.2) is 40.8 Å². The number of aliphatic hydroxyl groups is 1. The smallest absolute Gasteiger partial charge is 0.348 e. The second kappa shape index (κ2) is 6.55. The van der Waals surface area contributed by atoms with Gasteiger partial charge in [0.05, 0.1) is 25.1 Å². The monoisotopic (exact) mass is 329 g/mol. The third-order valence-corrected chi connectivity index (χ3v) is 4.52. The van der Waals surface area contributed by atoms with Gasteiger partial charge in [0, 0.05) is 0 Å². The number of thiophene rings is 1. The second-order valence-corrected chi connectivity index (χ2v) is 5.84. The van der Waals surface area contributed by atoms with Gasteiger partial charge < -0.3 is 15.2 Å². The third kappa shape index (κ3) is 3.09. The topological polar surface area (TPSA) is 84.3 Å². The number of nitrogens with one attached hydrogen (secondary N) is 1. The molecule has 2 N–H and O–H groups in total. The molecule has 6 nitrogen and oxygen atoms in total. The molecule has 0 bridgehead atoms. The van der Waals surface area contributed by atoms with Crippen molar-refractivity contribution >= 4 is 44.9 Å². The lowest BCUT2D eigenvalue weighted by atomic mass is 10.2. The molecule has 0 aliphatic rings. The van der Waals surface area contributed by atoms with Gasteiger partial charge in [0.1, 0.15) is 15.5 Å². The molecule has 2 aromatic rings. The van der Waals surface area contributed by atoms with Crippen LogP contribution in [0, 0.1) is 6.92 Å². The fourth-order valence-electron chi connectivity index (χ4n) is 1.97. The molecular formula is C13H16ClN3O3S. The number of anilines is 1. The summed E-state index contributed by atoms with van der Waals surface area (Å²) in [4.78, 5) is 21.2. The minimum Gasteiger partial charge on any atom is -0.465 e. The number of rotatable bonds is 5. The maximum absolute atomic E-state index is 11.8. The van der Waals surface area contributed by atoms with Crippen LogP contribution in [0.25, 0.3) is 10.2 Å². The third-order valence-electron chi connectivity index (χ3n) is 3.19. The van der Waals surface area contributed by atoms with Crippen molar-refractivity contribution in [3.8, 4) is 0 Å². The van der Waals surface area contributed by atoms with Crippen LogP contribution in [0.3, 0.4) is 0 Å². The lowest BCUT2D eigenvalue weighted by molar-refractivity contribution is 0.0605. The Balaban J connectivity index is 2.59. The highest BCUT2D eigenvalue weighted by atomic mass is 35.5. The molecule has 21 heavy (non-hydrogen) atoms. The van der Waals surface area contributed by atoms with Crippen molar-refractivity contribution in [2.24, 2.45) is 0 Å². The van der Waals surface area contributed by atoms with Crippen LogP contribution in [0.4, 0.5) is 5.82 Å². The number of hydrogen-bond donors (Lipinski definition) is 2. The molecule has 2 aromatic heterocycles. The molecule has 0 saturated heterocycles. The maximum Gasteiger partial charge on any atom is 0.348 e. The standard InChI is InChI=1S/C13H16ClN3O3S/c1-4-7(5-18)15-10-8-6(2)9(12(19)20-3)21-11(8)17-13(14)16-10/h7,18H,4-5H2,1-3H3,(H,15,16,17). The van der Waals surface area contributed by atoms with E-state index in [1.54, 1.807) is 0 Å². The molecule has 1 unspecified atom stereocenters. The zero-order valence-electron chi connectivity index (χ0n) is 11.9. The fourth-order valence-corrected chi connectivity index (χ4v) is 3.29. The van der Waals surface area contributed by atoms with E-state index >= 15 is 0 Å².